The van der Waals surface area contributed by atoms with Gasteiger partial charge in [-0.15, -0.1) is 0 Å². The smallest absolute Gasteiger partial charge is 0.234 e. The molecule has 2 saturated heterocycles. The van der Waals surface area contributed by atoms with Gasteiger partial charge >= 0.3 is 0 Å². The van der Waals surface area contributed by atoms with Gasteiger partial charge in [0.05, 0.1) is 35.9 Å². The number of hydrogen-bond donors (Lipinski definition) is 0. The minimum Gasteiger partial charge on any atom is -0.375 e. The minimum absolute atomic E-state index is 0.115. The maximum Gasteiger partial charge on any atom is 0.234 e. The molecule has 0 aromatic carbocycles. The second kappa shape index (κ2) is 6.89. The van der Waals surface area contributed by atoms with Gasteiger partial charge in [0.15, 0.2) is 0 Å². The van der Waals surface area contributed by atoms with E-state index in [9.17, 15) is 19.2 Å². The molecule has 2 aliphatic heterocycles. The van der Waals surface area contributed by atoms with E-state index in [4.69, 9.17) is 4.74 Å². The number of carbonyl (C=O) groups excluding carboxylic acids is 4. The molecule has 0 aromatic heterocycles. The zero-order valence-corrected chi connectivity index (χ0v) is 17.2. The summed E-state index contributed by atoms with van der Waals surface area (Å²) in [7, 11) is 1.44. The van der Waals surface area contributed by atoms with Crippen LogP contribution in [0.15, 0.2) is 0 Å². The molecule has 7 nitrogen and oxygen atoms in total. The lowest BCUT2D eigenvalue weighted by atomic mass is 9.59. The molecule has 3 aliphatic carbocycles. The normalized spacial score (nSPS) is 44.8. The second-order valence-corrected chi connectivity index (χ2v) is 9.83. The van der Waals surface area contributed by atoms with Gasteiger partial charge in [-0.3, -0.25) is 29.0 Å². The van der Waals surface area contributed by atoms with Gasteiger partial charge in [0.25, 0.3) is 0 Å². The number of likely N-dealkylation sites (tertiary alicyclic amines) is 2. The summed E-state index contributed by atoms with van der Waals surface area (Å²) in [6.45, 7) is 2.30. The van der Waals surface area contributed by atoms with Crippen LogP contribution in [0.1, 0.15) is 58.3 Å². The van der Waals surface area contributed by atoms with Crippen LogP contribution >= 0.6 is 0 Å². The lowest BCUT2D eigenvalue weighted by molar-refractivity contribution is -0.146. The first-order valence-corrected chi connectivity index (χ1v) is 11.2. The molecule has 0 aromatic rings. The lowest BCUT2D eigenvalue weighted by Crippen LogP contribution is -2.50. The third-order valence-corrected chi connectivity index (χ3v) is 8.18. The van der Waals surface area contributed by atoms with E-state index in [2.05, 4.69) is 6.92 Å². The summed E-state index contributed by atoms with van der Waals surface area (Å²) in [6, 6.07) is -0.115. The van der Waals surface area contributed by atoms with Crippen LogP contribution in [-0.4, -0.2) is 58.7 Å². The van der Waals surface area contributed by atoms with Crippen molar-refractivity contribution in [3.8, 4) is 0 Å². The summed E-state index contributed by atoms with van der Waals surface area (Å²) in [5, 5.41) is 0. The zero-order valence-electron chi connectivity index (χ0n) is 17.2. The SMILES string of the molecule is CC1CCC(OC2CCC(N3C(=O)C4C5C(=O)N(C)C(=O)C5C4C3=O)CC2)CC1. The zero-order chi connectivity index (χ0) is 20.4. The molecule has 4 atom stereocenters. The molecule has 3 saturated carbocycles. The van der Waals surface area contributed by atoms with Crippen molar-refractivity contribution in [2.45, 2.75) is 76.5 Å². The summed E-state index contributed by atoms with van der Waals surface area (Å²) >= 11 is 0. The number of imide groups is 2. The van der Waals surface area contributed by atoms with Crippen LogP contribution in [0.4, 0.5) is 0 Å². The molecular weight excluding hydrogens is 372 g/mol. The topological polar surface area (TPSA) is 84.0 Å². The van der Waals surface area contributed by atoms with Crippen molar-refractivity contribution in [3.63, 3.8) is 0 Å². The molecule has 29 heavy (non-hydrogen) atoms. The van der Waals surface area contributed by atoms with Crippen LogP contribution < -0.4 is 0 Å². The summed E-state index contributed by atoms with van der Waals surface area (Å²) < 4.78 is 6.32. The predicted octanol–water partition coefficient (Wildman–Crippen LogP) is 1.74. The standard InChI is InChI=1S/C22H30N2O5/c1-11-3-7-13(8-4-11)29-14-9-5-12(6-10-14)24-21(27)17-15-16(18(17)22(24)28)20(26)23(2)19(15)25/h11-18H,3-10H2,1-2H3. The third-order valence-electron chi connectivity index (χ3n) is 8.18. The fourth-order valence-electron chi connectivity index (χ4n) is 6.40. The van der Waals surface area contributed by atoms with Crippen LogP contribution in [0.3, 0.4) is 0 Å². The molecule has 0 radical (unpaired) electrons. The molecule has 5 rings (SSSR count). The quantitative estimate of drug-likeness (QED) is 0.672. The molecule has 4 unspecified atom stereocenters. The predicted molar refractivity (Wildman–Crippen MR) is 102 cm³/mol. The first-order chi connectivity index (χ1) is 13.9. The number of amides is 4. The highest BCUT2D eigenvalue weighted by Gasteiger charge is 2.73. The number of fused-ring (bicyclic) bond motifs is 4. The van der Waals surface area contributed by atoms with Crippen molar-refractivity contribution >= 4 is 23.6 Å². The summed E-state index contributed by atoms with van der Waals surface area (Å²) in [5.74, 6) is -2.75. The third kappa shape index (κ3) is 2.80. The highest BCUT2D eigenvalue weighted by Crippen LogP contribution is 2.56. The van der Waals surface area contributed by atoms with Crippen LogP contribution in [-0.2, 0) is 23.9 Å². The molecule has 5 aliphatic rings. The number of carbonyl (C=O) groups is 4. The van der Waals surface area contributed by atoms with Crippen molar-refractivity contribution in [2.75, 3.05) is 7.05 Å². The maximum absolute atomic E-state index is 13.0. The molecule has 0 N–H and O–H groups in total. The van der Waals surface area contributed by atoms with Crippen LogP contribution in [0, 0.1) is 29.6 Å². The first-order valence-electron chi connectivity index (χ1n) is 11.2. The first kappa shape index (κ1) is 19.2. The van der Waals surface area contributed by atoms with Crippen molar-refractivity contribution in [1.29, 1.82) is 0 Å². The van der Waals surface area contributed by atoms with Gasteiger partial charge in [0, 0.05) is 13.1 Å². The largest absolute Gasteiger partial charge is 0.375 e. The highest BCUT2D eigenvalue weighted by atomic mass is 16.5. The fourth-order valence-corrected chi connectivity index (χ4v) is 6.40. The number of hydrogen-bond acceptors (Lipinski definition) is 5. The van der Waals surface area contributed by atoms with Gasteiger partial charge in [-0.2, -0.15) is 0 Å². The molecule has 0 spiro atoms. The average Bonchev–Trinajstić information content (AvgIpc) is 2.99. The fraction of sp³-hybridized carbons (Fsp3) is 0.818. The Morgan fingerprint density at radius 3 is 1.55 bits per heavy atom. The molecule has 2 heterocycles. The lowest BCUT2D eigenvalue weighted by Gasteiger charge is -2.36. The van der Waals surface area contributed by atoms with E-state index in [-0.39, 0.29) is 35.8 Å². The molecule has 5 fully saturated rings. The van der Waals surface area contributed by atoms with Gasteiger partial charge in [-0.05, 0) is 57.3 Å². The Kier molecular flexibility index (Phi) is 4.57. The van der Waals surface area contributed by atoms with Crippen molar-refractivity contribution in [2.24, 2.45) is 29.6 Å². The molecule has 0 bridgehead atoms. The minimum atomic E-state index is -0.618. The molecule has 4 amide bonds. The van der Waals surface area contributed by atoms with Crippen molar-refractivity contribution < 1.29 is 23.9 Å². The van der Waals surface area contributed by atoms with E-state index >= 15 is 0 Å². The number of rotatable bonds is 3. The van der Waals surface area contributed by atoms with Crippen LogP contribution in [0.2, 0.25) is 0 Å². The van der Waals surface area contributed by atoms with Gasteiger partial charge in [-0.1, -0.05) is 6.92 Å². The van der Waals surface area contributed by atoms with Crippen molar-refractivity contribution in [3.05, 3.63) is 0 Å². The van der Waals surface area contributed by atoms with Gasteiger partial charge < -0.3 is 4.74 Å². The Hall–Kier alpha value is -1.76. The average molecular weight is 402 g/mol. The summed E-state index contributed by atoms with van der Waals surface area (Å²) in [5.41, 5.74) is 0. The second-order valence-electron chi connectivity index (χ2n) is 9.83. The summed E-state index contributed by atoms with van der Waals surface area (Å²) in [4.78, 5) is 53.1. The summed E-state index contributed by atoms with van der Waals surface area (Å²) in [6.07, 6.45) is 8.51. The van der Waals surface area contributed by atoms with Gasteiger partial charge in [0.1, 0.15) is 0 Å². The number of nitrogens with zero attached hydrogens (tertiary/aromatic N) is 2. The van der Waals surface area contributed by atoms with Crippen molar-refractivity contribution in [1.82, 2.24) is 9.80 Å². The van der Waals surface area contributed by atoms with E-state index < -0.39 is 23.7 Å². The Bertz CT molecular complexity index is 710. The van der Waals surface area contributed by atoms with E-state index in [0.717, 1.165) is 49.3 Å². The Labute approximate surface area is 171 Å². The number of ether oxygens (including phenoxy) is 1. The van der Waals surface area contributed by atoms with E-state index in [1.807, 2.05) is 0 Å². The van der Waals surface area contributed by atoms with E-state index in [1.54, 1.807) is 0 Å². The Morgan fingerprint density at radius 1 is 0.655 bits per heavy atom. The Balaban J connectivity index is 1.20. The van der Waals surface area contributed by atoms with E-state index in [1.165, 1.54) is 24.8 Å². The van der Waals surface area contributed by atoms with Gasteiger partial charge in [0.2, 0.25) is 23.6 Å². The van der Waals surface area contributed by atoms with E-state index in [0.29, 0.717) is 6.10 Å². The molecular formula is C22H30N2O5. The highest BCUT2D eigenvalue weighted by molar-refractivity contribution is 6.17. The monoisotopic (exact) mass is 402 g/mol. The maximum atomic E-state index is 13.0. The molecule has 158 valence electrons. The van der Waals surface area contributed by atoms with Gasteiger partial charge in [-0.25, -0.2) is 0 Å². The van der Waals surface area contributed by atoms with Crippen LogP contribution in [0.5, 0.6) is 0 Å². The van der Waals surface area contributed by atoms with Crippen LogP contribution in [0.25, 0.3) is 0 Å². The Morgan fingerprint density at radius 2 is 1.07 bits per heavy atom. The molecule has 7 heteroatoms.